The molecule has 0 spiro atoms. The minimum atomic E-state index is -0.356. The topological polar surface area (TPSA) is 95.3 Å². The molecular formula is C9H9N3O3. The maximum Gasteiger partial charge on any atom is 0.168 e. The molecule has 78 valence electrons. The molecule has 1 rings (SSSR count). The van der Waals surface area contributed by atoms with Gasteiger partial charge >= 0.3 is 0 Å². The quantitative estimate of drug-likeness (QED) is 0.353. The highest BCUT2D eigenvalue weighted by Crippen LogP contribution is 2.26. The lowest BCUT2D eigenvalue weighted by Crippen LogP contribution is -2.02. The van der Waals surface area contributed by atoms with Crippen LogP contribution in [0, 0.1) is 0 Å². The lowest BCUT2D eigenvalue weighted by Gasteiger charge is -2.04. The van der Waals surface area contributed by atoms with Gasteiger partial charge in [0.05, 0.1) is 13.7 Å². The standard InChI is InChI=1S/C9H9N3O3/c1-15-9-3-2-6(4-7(9)13)8(14)5-11-12-10/h2-4,13H,5H2,1H3. The zero-order valence-electron chi connectivity index (χ0n) is 8.04. The Labute approximate surface area is 85.7 Å². The van der Waals surface area contributed by atoms with E-state index < -0.39 is 0 Å². The number of nitrogens with zero attached hydrogens (tertiary/aromatic N) is 3. The largest absolute Gasteiger partial charge is 0.504 e. The number of carbonyl (C=O) groups excluding carboxylic acids is 1. The van der Waals surface area contributed by atoms with Gasteiger partial charge in [-0.2, -0.15) is 0 Å². The van der Waals surface area contributed by atoms with Gasteiger partial charge in [0.2, 0.25) is 0 Å². The Hall–Kier alpha value is -2.20. The van der Waals surface area contributed by atoms with Gasteiger partial charge in [-0.05, 0) is 23.7 Å². The molecule has 0 aliphatic rings. The second-order valence-electron chi connectivity index (χ2n) is 2.70. The molecule has 0 atom stereocenters. The number of ether oxygens (including phenoxy) is 1. The number of methoxy groups -OCH3 is 1. The van der Waals surface area contributed by atoms with Crippen LogP contribution >= 0.6 is 0 Å². The Morgan fingerprint density at radius 1 is 1.67 bits per heavy atom. The molecule has 0 aromatic heterocycles. The molecule has 1 aromatic rings. The van der Waals surface area contributed by atoms with Gasteiger partial charge in [-0.25, -0.2) is 0 Å². The Balaban J connectivity index is 2.91. The van der Waals surface area contributed by atoms with Crippen LogP contribution < -0.4 is 4.74 Å². The highest BCUT2D eigenvalue weighted by Gasteiger charge is 2.08. The maximum atomic E-state index is 11.3. The number of rotatable bonds is 4. The number of benzene rings is 1. The second-order valence-corrected chi connectivity index (χ2v) is 2.70. The molecular weight excluding hydrogens is 198 g/mol. The molecule has 0 unspecified atom stereocenters. The molecule has 0 amide bonds. The molecule has 6 nitrogen and oxygen atoms in total. The summed E-state index contributed by atoms with van der Waals surface area (Å²) in [6.07, 6.45) is 0. The summed E-state index contributed by atoms with van der Waals surface area (Å²) in [5, 5.41) is 12.5. The first-order chi connectivity index (χ1) is 7.19. The molecule has 0 fully saturated rings. The van der Waals surface area contributed by atoms with E-state index in [0.29, 0.717) is 0 Å². The van der Waals surface area contributed by atoms with E-state index in [1.807, 2.05) is 0 Å². The van der Waals surface area contributed by atoms with Crippen molar-refractivity contribution >= 4 is 5.78 Å². The lowest BCUT2D eigenvalue weighted by molar-refractivity contribution is 0.100. The van der Waals surface area contributed by atoms with Crippen molar-refractivity contribution in [2.24, 2.45) is 5.11 Å². The summed E-state index contributed by atoms with van der Waals surface area (Å²) in [6.45, 7) is -0.262. The molecule has 1 N–H and O–H groups in total. The number of aromatic hydroxyl groups is 1. The van der Waals surface area contributed by atoms with Crippen LogP contribution in [0.1, 0.15) is 10.4 Å². The average molecular weight is 207 g/mol. The van der Waals surface area contributed by atoms with E-state index in [2.05, 4.69) is 10.0 Å². The van der Waals surface area contributed by atoms with Crippen LogP contribution in [0.25, 0.3) is 10.4 Å². The van der Waals surface area contributed by atoms with E-state index in [0.717, 1.165) is 0 Å². The third-order valence-corrected chi connectivity index (χ3v) is 1.78. The highest BCUT2D eigenvalue weighted by atomic mass is 16.5. The Morgan fingerprint density at radius 3 is 2.93 bits per heavy atom. The SMILES string of the molecule is COc1ccc(C(=O)CN=[N+]=[N-])cc1O. The van der Waals surface area contributed by atoms with Crippen LogP contribution in [0.4, 0.5) is 0 Å². The molecule has 0 radical (unpaired) electrons. The van der Waals surface area contributed by atoms with Gasteiger partial charge in [0.25, 0.3) is 0 Å². The molecule has 0 aliphatic heterocycles. The first-order valence-electron chi connectivity index (χ1n) is 4.10. The average Bonchev–Trinajstić information content (AvgIpc) is 2.25. The van der Waals surface area contributed by atoms with Crippen molar-refractivity contribution in [3.8, 4) is 11.5 Å². The number of phenolic OH excluding ortho intramolecular Hbond substituents is 1. The van der Waals surface area contributed by atoms with Crippen LogP contribution in [0.3, 0.4) is 0 Å². The van der Waals surface area contributed by atoms with Crippen molar-refractivity contribution in [3.05, 3.63) is 34.2 Å². The molecule has 0 aliphatic carbocycles. The number of phenols is 1. The predicted octanol–water partition coefficient (Wildman–Crippen LogP) is 1.89. The van der Waals surface area contributed by atoms with Crippen molar-refractivity contribution in [2.45, 2.75) is 0 Å². The number of carbonyl (C=O) groups is 1. The van der Waals surface area contributed by atoms with E-state index in [4.69, 9.17) is 10.3 Å². The van der Waals surface area contributed by atoms with Gasteiger partial charge in [0.1, 0.15) is 0 Å². The van der Waals surface area contributed by atoms with Gasteiger partial charge in [0, 0.05) is 10.5 Å². The first-order valence-corrected chi connectivity index (χ1v) is 4.10. The molecule has 6 heteroatoms. The van der Waals surface area contributed by atoms with Crippen molar-refractivity contribution < 1.29 is 14.6 Å². The van der Waals surface area contributed by atoms with Crippen molar-refractivity contribution in [1.29, 1.82) is 0 Å². The zero-order valence-corrected chi connectivity index (χ0v) is 8.04. The third kappa shape index (κ3) is 2.62. The fraction of sp³-hybridized carbons (Fsp3) is 0.222. The van der Waals surface area contributed by atoms with Gasteiger partial charge in [0.15, 0.2) is 17.3 Å². The smallest absolute Gasteiger partial charge is 0.168 e. The van der Waals surface area contributed by atoms with Gasteiger partial charge < -0.3 is 9.84 Å². The Morgan fingerprint density at radius 2 is 2.40 bits per heavy atom. The molecule has 0 saturated carbocycles. The minimum Gasteiger partial charge on any atom is -0.504 e. The van der Waals surface area contributed by atoms with E-state index in [1.165, 1.54) is 25.3 Å². The van der Waals surface area contributed by atoms with Crippen molar-refractivity contribution in [2.75, 3.05) is 13.7 Å². The van der Waals surface area contributed by atoms with Crippen LogP contribution in [0.2, 0.25) is 0 Å². The number of hydrogen-bond donors (Lipinski definition) is 1. The zero-order chi connectivity index (χ0) is 11.3. The monoisotopic (exact) mass is 207 g/mol. The van der Waals surface area contributed by atoms with E-state index in [-0.39, 0.29) is 29.4 Å². The normalized spacial score (nSPS) is 9.13. The summed E-state index contributed by atoms with van der Waals surface area (Å²) < 4.78 is 4.82. The van der Waals surface area contributed by atoms with Crippen molar-refractivity contribution in [3.63, 3.8) is 0 Å². The fourth-order valence-corrected chi connectivity index (χ4v) is 1.05. The number of hydrogen-bond acceptors (Lipinski definition) is 4. The van der Waals surface area contributed by atoms with E-state index >= 15 is 0 Å². The molecule has 15 heavy (non-hydrogen) atoms. The fourth-order valence-electron chi connectivity index (χ4n) is 1.05. The van der Waals surface area contributed by atoms with Gasteiger partial charge in [-0.15, -0.1) is 0 Å². The van der Waals surface area contributed by atoms with Gasteiger partial charge in [-0.1, -0.05) is 5.11 Å². The van der Waals surface area contributed by atoms with Crippen molar-refractivity contribution in [1.82, 2.24) is 0 Å². The Kier molecular flexibility index (Phi) is 3.54. The van der Waals surface area contributed by atoms with E-state index in [9.17, 15) is 9.90 Å². The second kappa shape index (κ2) is 4.88. The third-order valence-electron chi connectivity index (χ3n) is 1.78. The molecule has 1 aromatic carbocycles. The summed E-state index contributed by atoms with van der Waals surface area (Å²) >= 11 is 0. The van der Waals surface area contributed by atoms with Crippen LogP contribution in [-0.2, 0) is 0 Å². The summed E-state index contributed by atoms with van der Waals surface area (Å²) in [4.78, 5) is 13.8. The maximum absolute atomic E-state index is 11.3. The summed E-state index contributed by atoms with van der Waals surface area (Å²) in [5.74, 6) is -0.189. The summed E-state index contributed by atoms with van der Waals surface area (Å²) in [7, 11) is 1.41. The molecule has 0 heterocycles. The lowest BCUT2D eigenvalue weighted by atomic mass is 10.1. The predicted molar refractivity (Wildman–Crippen MR) is 53.0 cm³/mol. The molecule has 0 bridgehead atoms. The van der Waals surface area contributed by atoms with Crippen LogP contribution in [0.5, 0.6) is 11.5 Å². The molecule has 0 saturated heterocycles. The summed E-state index contributed by atoms with van der Waals surface area (Å²) in [6, 6.07) is 4.24. The summed E-state index contributed by atoms with van der Waals surface area (Å²) in [5.41, 5.74) is 8.31. The number of azide groups is 1. The number of Topliss-reactive ketones (excluding diaryl/α,β-unsaturated/α-hetero) is 1. The van der Waals surface area contributed by atoms with Crippen LogP contribution in [-0.4, -0.2) is 24.5 Å². The number of ketones is 1. The van der Waals surface area contributed by atoms with Gasteiger partial charge in [-0.3, -0.25) is 4.79 Å². The van der Waals surface area contributed by atoms with Crippen LogP contribution in [0.15, 0.2) is 23.3 Å². The minimum absolute atomic E-state index is 0.121. The Bertz CT molecular complexity index is 425. The van der Waals surface area contributed by atoms with E-state index in [1.54, 1.807) is 0 Å². The first kappa shape index (κ1) is 10.9. The highest BCUT2D eigenvalue weighted by molar-refractivity contribution is 5.98.